The topological polar surface area (TPSA) is 83.5 Å². The van der Waals surface area contributed by atoms with Crippen molar-refractivity contribution in [1.82, 2.24) is 35.0 Å². The summed E-state index contributed by atoms with van der Waals surface area (Å²) < 4.78 is 0. The van der Waals surface area contributed by atoms with Crippen molar-refractivity contribution in [3.63, 3.8) is 0 Å². The zero-order valence-electron chi connectivity index (χ0n) is 17.3. The molecule has 1 saturated heterocycles. The van der Waals surface area contributed by atoms with Crippen LogP contribution >= 0.6 is 0 Å². The van der Waals surface area contributed by atoms with Crippen molar-refractivity contribution in [3.05, 3.63) is 65.6 Å². The molecule has 1 fully saturated rings. The highest BCUT2D eigenvalue weighted by Gasteiger charge is 2.23. The maximum Gasteiger partial charge on any atom is 0.163 e. The SMILES string of the molecule is Cc1cncc(-c2cc(C3CCN(Cc4nc(C)c5cccnc5n4)CC3)[nH]n2)c1. The summed E-state index contributed by atoms with van der Waals surface area (Å²) in [4.78, 5) is 20.5. The van der Waals surface area contributed by atoms with Gasteiger partial charge in [0.1, 0.15) is 5.82 Å². The van der Waals surface area contributed by atoms with Gasteiger partial charge in [-0.2, -0.15) is 5.10 Å². The molecule has 1 N–H and O–H groups in total. The van der Waals surface area contributed by atoms with E-state index >= 15 is 0 Å². The van der Waals surface area contributed by atoms with E-state index in [1.54, 1.807) is 6.20 Å². The minimum absolute atomic E-state index is 0.501. The second-order valence-corrected chi connectivity index (χ2v) is 8.11. The molecule has 0 saturated carbocycles. The molecule has 4 aromatic rings. The number of nitrogens with one attached hydrogen (secondary N) is 1. The number of fused-ring (bicyclic) bond motifs is 1. The number of pyridine rings is 2. The number of aromatic nitrogens is 6. The number of nitrogens with zero attached hydrogens (tertiary/aromatic N) is 6. The Morgan fingerprint density at radius 3 is 2.80 bits per heavy atom. The number of hydrogen-bond acceptors (Lipinski definition) is 6. The predicted molar refractivity (Wildman–Crippen MR) is 116 cm³/mol. The molecule has 4 aromatic heterocycles. The Hall–Kier alpha value is -3.19. The summed E-state index contributed by atoms with van der Waals surface area (Å²) in [7, 11) is 0. The summed E-state index contributed by atoms with van der Waals surface area (Å²) in [6.45, 7) is 6.89. The molecule has 5 heterocycles. The van der Waals surface area contributed by atoms with Crippen molar-refractivity contribution in [2.75, 3.05) is 13.1 Å². The number of aromatic amines is 1. The molecule has 7 nitrogen and oxygen atoms in total. The van der Waals surface area contributed by atoms with Crippen LogP contribution in [-0.2, 0) is 6.54 Å². The van der Waals surface area contributed by atoms with Crippen LogP contribution in [0.5, 0.6) is 0 Å². The van der Waals surface area contributed by atoms with Crippen LogP contribution in [0.3, 0.4) is 0 Å². The molecule has 0 amide bonds. The van der Waals surface area contributed by atoms with Gasteiger partial charge in [0.2, 0.25) is 0 Å². The minimum Gasteiger partial charge on any atom is -0.296 e. The Bertz CT molecular complexity index is 1180. The Labute approximate surface area is 175 Å². The highest BCUT2D eigenvalue weighted by Crippen LogP contribution is 2.29. The van der Waals surface area contributed by atoms with Crippen molar-refractivity contribution < 1.29 is 0 Å². The second kappa shape index (κ2) is 7.91. The van der Waals surface area contributed by atoms with Gasteiger partial charge in [0, 0.05) is 41.2 Å². The number of hydrogen-bond donors (Lipinski definition) is 1. The molecule has 0 spiro atoms. The molecule has 0 aliphatic carbocycles. The first-order valence-corrected chi connectivity index (χ1v) is 10.4. The van der Waals surface area contributed by atoms with Gasteiger partial charge in [0.15, 0.2) is 5.65 Å². The third-order valence-corrected chi connectivity index (χ3v) is 5.87. The van der Waals surface area contributed by atoms with Gasteiger partial charge in [-0.05, 0) is 69.6 Å². The van der Waals surface area contributed by atoms with Crippen LogP contribution < -0.4 is 0 Å². The zero-order chi connectivity index (χ0) is 20.5. The highest BCUT2D eigenvalue weighted by atomic mass is 15.2. The zero-order valence-corrected chi connectivity index (χ0v) is 17.3. The van der Waals surface area contributed by atoms with Gasteiger partial charge in [-0.25, -0.2) is 15.0 Å². The highest BCUT2D eigenvalue weighted by molar-refractivity contribution is 5.76. The van der Waals surface area contributed by atoms with Crippen molar-refractivity contribution in [2.45, 2.75) is 39.2 Å². The van der Waals surface area contributed by atoms with E-state index in [1.807, 2.05) is 31.5 Å². The van der Waals surface area contributed by atoms with Crippen LogP contribution in [0.1, 0.15) is 41.5 Å². The van der Waals surface area contributed by atoms with Gasteiger partial charge < -0.3 is 0 Å². The van der Waals surface area contributed by atoms with E-state index < -0.39 is 0 Å². The second-order valence-electron chi connectivity index (χ2n) is 8.11. The Morgan fingerprint density at radius 1 is 1.10 bits per heavy atom. The van der Waals surface area contributed by atoms with E-state index in [2.05, 4.69) is 49.1 Å². The van der Waals surface area contributed by atoms with Gasteiger partial charge in [0.05, 0.1) is 17.9 Å². The molecular weight excluding hydrogens is 374 g/mol. The van der Waals surface area contributed by atoms with Crippen LogP contribution in [0.25, 0.3) is 22.3 Å². The summed E-state index contributed by atoms with van der Waals surface area (Å²) in [5.41, 5.74) is 6.17. The summed E-state index contributed by atoms with van der Waals surface area (Å²) in [5.74, 6) is 1.36. The van der Waals surface area contributed by atoms with Gasteiger partial charge in [-0.1, -0.05) is 0 Å². The molecule has 0 bridgehead atoms. The van der Waals surface area contributed by atoms with Crippen LogP contribution in [0.4, 0.5) is 0 Å². The summed E-state index contributed by atoms with van der Waals surface area (Å²) in [6, 6.07) is 8.26. The molecule has 30 heavy (non-hydrogen) atoms. The molecular formula is C23H25N7. The molecule has 0 atom stereocenters. The first kappa shape index (κ1) is 18.8. The first-order valence-electron chi connectivity index (χ1n) is 10.4. The number of piperidine rings is 1. The van der Waals surface area contributed by atoms with Crippen LogP contribution in [0.2, 0.25) is 0 Å². The van der Waals surface area contributed by atoms with Crippen molar-refractivity contribution in [1.29, 1.82) is 0 Å². The Balaban J connectivity index is 1.24. The first-order chi connectivity index (χ1) is 14.7. The third kappa shape index (κ3) is 3.80. The van der Waals surface area contributed by atoms with Gasteiger partial charge in [-0.15, -0.1) is 0 Å². The molecule has 1 aliphatic rings. The normalized spacial score (nSPS) is 15.7. The van der Waals surface area contributed by atoms with Crippen molar-refractivity contribution in [3.8, 4) is 11.3 Å². The fourth-order valence-corrected chi connectivity index (χ4v) is 4.23. The summed E-state index contributed by atoms with van der Waals surface area (Å²) in [6.07, 6.45) is 7.71. The Kier molecular flexibility index (Phi) is 4.96. The molecule has 0 radical (unpaired) electrons. The monoisotopic (exact) mass is 399 g/mol. The van der Waals surface area contributed by atoms with E-state index in [0.717, 1.165) is 71.8 Å². The minimum atomic E-state index is 0.501. The molecule has 5 rings (SSSR count). The van der Waals surface area contributed by atoms with Crippen molar-refractivity contribution >= 4 is 11.0 Å². The number of rotatable bonds is 4. The van der Waals surface area contributed by atoms with Crippen LogP contribution in [0.15, 0.2) is 42.9 Å². The third-order valence-electron chi connectivity index (χ3n) is 5.87. The quantitative estimate of drug-likeness (QED) is 0.562. The smallest absolute Gasteiger partial charge is 0.163 e. The lowest BCUT2D eigenvalue weighted by Gasteiger charge is -2.30. The number of H-pyrrole nitrogens is 1. The standard InChI is InChI=1S/C23H25N7/c1-15-10-18(13-24-12-15)21-11-20(28-29-21)17-5-8-30(9-6-17)14-22-26-16(2)19-4-3-7-25-23(19)27-22/h3-4,7,10-13,17H,5-6,8-9,14H2,1-2H3,(H,28,29). The fraction of sp³-hybridized carbons (Fsp3) is 0.348. The number of aryl methyl sites for hydroxylation is 2. The largest absolute Gasteiger partial charge is 0.296 e. The maximum atomic E-state index is 4.70. The van der Waals surface area contributed by atoms with E-state index in [9.17, 15) is 0 Å². The number of likely N-dealkylation sites (tertiary alicyclic amines) is 1. The van der Waals surface area contributed by atoms with Gasteiger partial charge in [-0.3, -0.25) is 15.0 Å². The Morgan fingerprint density at radius 2 is 1.97 bits per heavy atom. The lowest BCUT2D eigenvalue weighted by atomic mass is 9.93. The molecule has 0 aromatic carbocycles. The average molecular weight is 400 g/mol. The molecule has 152 valence electrons. The van der Waals surface area contributed by atoms with Gasteiger partial charge >= 0.3 is 0 Å². The lowest BCUT2D eigenvalue weighted by molar-refractivity contribution is 0.199. The van der Waals surface area contributed by atoms with E-state index in [0.29, 0.717) is 5.92 Å². The van der Waals surface area contributed by atoms with E-state index in [4.69, 9.17) is 4.98 Å². The molecule has 1 aliphatic heterocycles. The van der Waals surface area contributed by atoms with Crippen molar-refractivity contribution in [2.24, 2.45) is 0 Å². The molecule has 0 unspecified atom stereocenters. The lowest BCUT2D eigenvalue weighted by Crippen LogP contribution is -2.33. The van der Waals surface area contributed by atoms with Crippen LogP contribution in [0, 0.1) is 13.8 Å². The molecule has 7 heteroatoms. The average Bonchev–Trinajstić information content (AvgIpc) is 3.25. The predicted octanol–water partition coefficient (Wildman–Crippen LogP) is 3.81. The van der Waals surface area contributed by atoms with E-state index in [1.165, 1.54) is 5.69 Å². The van der Waals surface area contributed by atoms with Gasteiger partial charge in [0.25, 0.3) is 0 Å². The van der Waals surface area contributed by atoms with E-state index in [-0.39, 0.29) is 0 Å². The fourth-order valence-electron chi connectivity index (χ4n) is 4.23. The maximum absolute atomic E-state index is 4.70. The van der Waals surface area contributed by atoms with Crippen LogP contribution in [-0.4, -0.2) is 48.1 Å². The summed E-state index contributed by atoms with van der Waals surface area (Å²) in [5, 5.41) is 8.81. The summed E-state index contributed by atoms with van der Waals surface area (Å²) >= 11 is 0.